The first-order chi connectivity index (χ1) is 9.36. The Bertz CT molecular complexity index is 507. The standard InChI is InChI=1S/C13H18ClN3O3/c1-8(12(15)16-19)17(3)13(18)9(2)20-11-6-4-5-10(14)7-11/h4-9,19H,1-3H3,(H2,15,16). The normalized spacial score (nSPS) is 14.5. The van der Waals surface area contributed by atoms with E-state index in [1.165, 1.54) is 4.90 Å². The molecule has 0 saturated heterocycles. The summed E-state index contributed by atoms with van der Waals surface area (Å²) in [5, 5.41) is 12.0. The minimum atomic E-state index is -0.715. The number of oxime groups is 1. The van der Waals surface area contributed by atoms with Crippen molar-refractivity contribution in [3.63, 3.8) is 0 Å². The highest BCUT2D eigenvalue weighted by atomic mass is 35.5. The lowest BCUT2D eigenvalue weighted by atomic mass is 10.2. The number of nitrogens with zero attached hydrogens (tertiary/aromatic N) is 2. The predicted molar refractivity (Wildman–Crippen MR) is 77.2 cm³/mol. The second kappa shape index (κ2) is 7.00. The second-order valence-electron chi connectivity index (χ2n) is 4.37. The molecule has 1 amide bonds. The number of likely N-dealkylation sites (N-methyl/N-ethyl adjacent to an activating group) is 1. The Morgan fingerprint density at radius 1 is 1.50 bits per heavy atom. The van der Waals surface area contributed by atoms with Crippen LogP contribution in [0.2, 0.25) is 5.02 Å². The molecule has 20 heavy (non-hydrogen) atoms. The van der Waals surface area contributed by atoms with Gasteiger partial charge in [-0.15, -0.1) is 0 Å². The highest BCUT2D eigenvalue weighted by molar-refractivity contribution is 6.30. The quantitative estimate of drug-likeness (QED) is 0.375. The number of benzene rings is 1. The molecule has 0 fully saturated rings. The van der Waals surface area contributed by atoms with E-state index in [-0.39, 0.29) is 11.7 Å². The van der Waals surface area contributed by atoms with Crippen LogP contribution in [0.1, 0.15) is 13.8 Å². The summed E-state index contributed by atoms with van der Waals surface area (Å²) in [5.41, 5.74) is 5.48. The molecule has 0 saturated carbocycles. The molecule has 6 nitrogen and oxygen atoms in total. The van der Waals surface area contributed by atoms with Gasteiger partial charge in [-0.2, -0.15) is 0 Å². The number of ether oxygens (including phenoxy) is 1. The number of carbonyl (C=O) groups is 1. The summed E-state index contributed by atoms with van der Waals surface area (Å²) >= 11 is 5.85. The Labute approximate surface area is 122 Å². The van der Waals surface area contributed by atoms with E-state index in [4.69, 9.17) is 27.3 Å². The first-order valence-corrected chi connectivity index (χ1v) is 6.41. The van der Waals surface area contributed by atoms with Gasteiger partial charge in [0.25, 0.3) is 5.91 Å². The lowest BCUT2D eigenvalue weighted by Crippen LogP contribution is -2.48. The molecular formula is C13H18ClN3O3. The fourth-order valence-corrected chi connectivity index (χ4v) is 1.73. The van der Waals surface area contributed by atoms with Gasteiger partial charge in [-0.1, -0.05) is 22.8 Å². The molecule has 0 aliphatic rings. The minimum absolute atomic E-state index is 0.0456. The van der Waals surface area contributed by atoms with E-state index in [0.717, 1.165) is 0 Å². The summed E-state index contributed by atoms with van der Waals surface area (Å²) in [7, 11) is 1.56. The minimum Gasteiger partial charge on any atom is -0.481 e. The van der Waals surface area contributed by atoms with Crippen LogP contribution < -0.4 is 10.5 Å². The number of amidine groups is 1. The lowest BCUT2D eigenvalue weighted by molar-refractivity contribution is -0.137. The Morgan fingerprint density at radius 2 is 2.15 bits per heavy atom. The van der Waals surface area contributed by atoms with Crippen molar-refractivity contribution in [2.75, 3.05) is 7.05 Å². The van der Waals surface area contributed by atoms with Crippen molar-refractivity contribution < 1.29 is 14.7 Å². The average Bonchev–Trinajstić information content (AvgIpc) is 2.43. The molecule has 1 aromatic carbocycles. The Balaban J connectivity index is 2.72. The van der Waals surface area contributed by atoms with Crippen molar-refractivity contribution in [2.24, 2.45) is 10.9 Å². The van der Waals surface area contributed by atoms with Crippen LogP contribution in [-0.2, 0) is 4.79 Å². The highest BCUT2D eigenvalue weighted by Gasteiger charge is 2.25. The van der Waals surface area contributed by atoms with Crippen LogP contribution in [0.25, 0.3) is 0 Å². The third-order valence-electron chi connectivity index (χ3n) is 2.93. The number of halogens is 1. The molecule has 2 unspecified atom stereocenters. The van der Waals surface area contributed by atoms with Crippen molar-refractivity contribution in [3.05, 3.63) is 29.3 Å². The number of amides is 1. The largest absolute Gasteiger partial charge is 0.481 e. The van der Waals surface area contributed by atoms with Crippen LogP contribution in [0, 0.1) is 0 Å². The SMILES string of the molecule is CC(Oc1cccc(Cl)c1)C(=O)N(C)C(C)C(N)=NO. The molecule has 1 aromatic rings. The van der Waals surface area contributed by atoms with Crippen molar-refractivity contribution >= 4 is 23.3 Å². The van der Waals surface area contributed by atoms with Gasteiger partial charge in [-0.25, -0.2) is 0 Å². The Hall–Kier alpha value is -1.95. The van der Waals surface area contributed by atoms with Gasteiger partial charge < -0.3 is 20.6 Å². The van der Waals surface area contributed by atoms with Crippen LogP contribution in [0.15, 0.2) is 29.4 Å². The predicted octanol–water partition coefficient (Wildman–Crippen LogP) is 1.70. The van der Waals surface area contributed by atoms with Crippen LogP contribution in [-0.4, -0.2) is 41.0 Å². The van der Waals surface area contributed by atoms with Gasteiger partial charge in [0, 0.05) is 12.1 Å². The van der Waals surface area contributed by atoms with E-state index in [0.29, 0.717) is 10.8 Å². The van der Waals surface area contributed by atoms with Crippen molar-refractivity contribution in [2.45, 2.75) is 26.0 Å². The molecule has 0 heterocycles. The second-order valence-corrected chi connectivity index (χ2v) is 4.80. The summed E-state index contributed by atoms with van der Waals surface area (Å²) < 4.78 is 5.52. The van der Waals surface area contributed by atoms with Crippen LogP contribution >= 0.6 is 11.6 Å². The summed E-state index contributed by atoms with van der Waals surface area (Å²) in [6.45, 7) is 3.28. The fourth-order valence-electron chi connectivity index (χ4n) is 1.55. The molecule has 0 aliphatic carbocycles. The van der Waals surface area contributed by atoms with E-state index in [9.17, 15) is 4.79 Å². The highest BCUT2D eigenvalue weighted by Crippen LogP contribution is 2.19. The van der Waals surface area contributed by atoms with Crippen LogP contribution in [0.4, 0.5) is 0 Å². The summed E-state index contributed by atoms with van der Waals surface area (Å²) in [6, 6.07) is 6.25. The summed E-state index contributed by atoms with van der Waals surface area (Å²) in [5.74, 6) is 0.170. The van der Waals surface area contributed by atoms with Crippen molar-refractivity contribution in [1.82, 2.24) is 4.90 Å². The summed E-state index contributed by atoms with van der Waals surface area (Å²) in [6.07, 6.45) is -0.715. The van der Waals surface area contributed by atoms with Gasteiger partial charge in [-0.05, 0) is 32.0 Å². The van der Waals surface area contributed by atoms with Crippen molar-refractivity contribution in [3.8, 4) is 5.75 Å². The third kappa shape index (κ3) is 4.03. The first-order valence-electron chi connectivity index (χ1n) is 6.03. The average molecular weight is 300 g/mol. The number of hydrogen-bond acceptors (Lipinski definition) is 4. The number of rotatable bonds is 5. The van der Waals surface area contributed by atoms with Gasteiger partial charge in [0.1, 0.15) is 5.75 Å². The van der Waals surface area contributed by atoms with E-state index in [2.05, 4.69) is 5.16 Å². The van der Waals surface area contributed by atoms with E-state index >= 15 is 0 Å². The van der Waals surface area contributed by atoms with E-state index in [1.54, 1.807) is 45.2 Å². The monoisotopic (exact) mass is 299 g/mol. The molecule has 110 valence electrons. The van der Waals surface area contributed by atoms with Gasteiger partial charge in [-0.3, -0.25) is 4.79 Å². The lowest BCUT2D eigenvalue weighted by Gasteiger charge is -2.26. The van der Waals surface area contributed by atoms with Crippen molar-refractivity contribution in [1.29, 1.82) is 0 Å². The maximum Gasteiger partial charge on any atom is 0.263 e. The zero-order chi connectivity index (χ0) is 15.3. The Morgan fingerprint density at radius 3 is 2.70 bits per heavy atom. The smallest absolute Gasteiger partial charge is 0.263 e. The molecule has 0 spiro atoms. The molecule has 0 bridgehead atoms. The molecule has 0 aromatic heterocycles. The van der Waals surface area contributed by atoms with E-state index < -0.39 is 12.1 Å². The van der Waals surface area contributed by atoms with Crippen LogP contribution in [0.3, 0.4) is 0 Å². The van der Waals surface area contributed by atoms with E-state index in [1.807, 2.05) is 0 Å². The van der Waals surface area contributed by atoms with Gasteiger partial charge in [0.05, 0.1) is 6.04 Å². The maximum absolute atomic E-state index is 12.2. The molecule has 7 heteroatoms. The summed E-state index contributed by atoms with van der Waals surface area (Å²) in [4.78, 5) is 13.5. The third-order valence-corrected chi connectivity index (χ3v) is 3.16. The van der Waals surface area contributed by atoms with Gasteiger partial charge >= 0.3 is 0 Å². The zero-order valence-electron chi connectivity index (χ0n) is 11.6. The molecule has 0 radical (unpaired) electrons. The topological polar surface area (TPSA) is 88.2 Å². The first kappa shape index (κ1) is 16.1. The van der Waals surface area contributed by atoms with Gasteiger partial charge in [0.15, 0.2) is 11.9 Å². The number of hydrogen-bond donors (Lipinski definition) is 2. The molecule has 2 atom stereocenters. The molecular weight excluding hydrogens is 282 g/mol. The molecule has 1 rings (SSSR count). The fraction of sp³-hybridized carbons (Fsp3) is 0.385. The Kier molecular flexibility index (Phi) is 5.64. The number of carbonyl (C=O) groups excluding carboxylic acids is 1. The molecule has 0 aliphatic heterocycles. The maximum atomic E-state index is 12.2. The van der Waals surface area contributed by atoms with Crippen LogP contribution in [0.5, 0.6) is 5.75 Å². The van der Waals surface area contributed by atoms with Gasteiger partial charge in [0.2, 0.25) is 0 Å². The number of nitrogens with two attached hydrogens (primary N) is 1. The zero-order valence-corrected chi connectivity index (χ0v) is 12.3. The molecule has 3 N–H and O–H groups in total.